The topological polar surface area (TPSA) is 44.1 Å². The summed E-state index contributed by atoms with van der Waals surface area (Å²) >= 11 is 0. The normalized spacial score (nSPS) is 10.8. The largest absolute Gasteiger partial charge is 0.334 e. The van der Waals surface area contributed by atoms with Gasteiger partial charge in [0.15, 0.2) is 0 Å². The first-order chi connectivity index (χ1) is 8.30. The van der Waals surface area contributed by atoms with Gasteiger partial charge >= 0.3 is 0 Å². The molecule has 0 aromatic rings. The predicted molar refractivity (Wildman–Crippen MR) is 75.0 cm³/mol. The van der Waals surface area contributed by atoms with Crippen molar-refractivity contribution in [2.24, 2.45) is 0 Å². The summed E-state index contributed by atoms with van der Waals surface area (Å²) in [5.74, 6) is 0.0412. The number of carbonyl (C=O) groups excluding carboxylic acids is 1. The van der Waals surface area contributed by atoms with E-state index in [9.17, 15) is 4.79 Å². The summed E-state index contributed by atoms with van der Waals surface area (Å²) in [5, 5.41) is 8.44. The molecule has 0 aromatic carbocycles. The fourth-order valence-corrected chi connectivity index (χ4v) is 1.80. The summed E-state index contributed by atoms with van der Waals surface area (Å²) in [6, 6.07) is 2.15. The highest BCUT2D eigenvalue weighted by Crippen LogP contribution is 2.17. The van der Waals surface area contributed by atoms with Crippen LogP contribution in [0.4, 0.5) is 0 Å². The number of rotatable bonds is 7. The van der Waals surface area contributed by atoms with Crippen LogP contribution in [0.25, 0.3) is 0 Å². The molecule has 102 valence electrons. The molecule has 0 spiro atoms. The summed E-state index contributed by atoms with van der Waals surface area (Å²) in [7, 11) is 0. The third-order valence-electron chi connectivity index (χ3n) is 2.84. The molecule has 0 unspecified atom stereocenters. The Morgan fingerprint density at radius 3 is 2.22 bits per heavy atom. The highest BCUT2D eigenvalue weighted by Gasteiger charge is 2.25. The van der Waals surface area contributed by atoms with Gasteiger partial charge in [-0.3, -0.25) is 4.79 Å². The zero-order valence-corrected chi connectivity index (χ0v) is 12.3. The van der Waals surface area contributed by atoms with Gasteiger partial charge in [-0.1, -0.05) is 19.4 Å². The fraction of sp³-hybridized carbons (Fsp3) is 0.733. The van der Waals surface area contributed by atoms with Gasteiger partial charge in [-0.05, 0) is 40.5 Å². The summed E-state index contributed by atoms with van der Waals surface area (Å²) in [6.45, 7) is 12.4. The molecule has 0 rings (SSSR count). The highest BCUT2D eigenvalue weighted by atomic mass is 16.2. The molecule has 0 atom stereocenters. The zero-order chi connectivity index (χ0) is 14.2. The number of unbranched alkanes of at least 4 members (excludes halogenated alkanes) is 4. The van der Waals surface area contributed by atoms with E-state index in [1.807, 2.05) is 25.7 Å². The van der Waals surface area contributed by atoms with E-state index in [0.29, 0.717) is 12.0 Å². The van der Waals surface area contributed by atoms with Crippen molar-refractivity contribution in [2.75, 3.05) is 6.54 Å². The monoisotopic (exact) mass is 250 g/mol. The maximum Gasteiger partial charge on any atom is 0.249 e. The Morgan fingerprint density at radius 1 is 1.22 bits per heavy atom. The van der Waals surface area contributed by atoms with Gasteiger partial charge in [0, 0.05) is 24.1 Å². The van der Waals surface area contributed by atoms with E-state index in [-0.39, 0.29) is 11.4 Å². The molecule has 0 fully saturated rings. The minimum absolute atomic E-state index is 0.0412. The molecule has 18 heavy (non-hydrogen) atoms. The number of nitriles is 1. The van der Waals surface area contributed by atoms with Crippen LogP contribution < -0.4 is 0 Å². The summed E-state index contributed by atoms with van der Waals surface area (Å²) in [5.41, 5.74) is 0.428. The molecule has 0 aliphatic rings. The molecule has 0 radical (unpaired) electrons. The number of hydrogen-bond acceptors (Lipinski definition) is 2. The van der Waals surface area contributed by atoms with Crippen LogP contribution in [0.15, 0.2) is 12.2 Å². The fourth-order valence-electron chi connectivity index (χ4n) is 1.80. The summed E-state index contributed by atoms with van der Waals surface area (Å²) in [6.07, 6.45) is 4.71. The second kappa shape index (κ2) is 7.92. The molecular formula is C15H26N2O. The Bertz CT molecular complexity index is 320. The standard InChI is InChI=1S/C15H26N2O/c1-13(2)14(18)17(15(3,4)5)12-10-8-6-7-9-11-16/h1,6-10,12H2,2-5H3. The Hall–Kier alpha value is -1.30. The Morgan fingerprint density at radius 2 is 1.78 bits per heavy atom. The first kappa shape index (κ1) is 16.7. The lowest BCUT2D eigenvalue weighted by Gasteiger charge is -2.36. The maximum absolute atomic E-state index is 12.0. The van der Waals surface area contributed by atoms with Crippen LogP contribution in [0.5, 0.6) is 0 Å². The molecule has 0 bridgehead atoms. The lowest BCUT2D eigenvalue weighted by molar-refractivity contribution is -0.131. The molecule has 1 amide bonds. The van der Waals surface area contributed by atoms with Crippen molar-refractivity contribution in [3.8, 4) is 6.07 Å². The van der Waals surface area contributed by atoms with Crippen LogP contribution in [0, 0.1) is 11.3 Å². The first-order valence-electron chi connectivity index (χ1n) is 6.65. The second-order valence-corrected chi connectivity index (χ2v) is 5.73. The van der Waals surface area contributed by atoms with Gasteiger partial charge in [0.1, 0.15) is 0 Å². The SMILES string of the molecule is C=C(C)C(=O)N(CCCCCCC#N)C(C)(C)C. The Labute approximate surface area is 111 Å². The lowest BCUT2D eigenvalue weighted by atomic mass is 10.0. The van der Waals surface area contributed by atoms with Crippen LogP contribution >= 0.6 is 0 Å². The third kappa shape index (κ3) is 6.44. The molecule has 0 saturated carbocycles. The van der Waals surface area contributed by atoms with E-state index in [2.05, 4.69) is 12.6 Å². The maximum atomic E-state index is 12.0. The molecule has 0 heterocycles. The van der Waals surface area contributed by atoms with Crippen molar-refractivity contribution in [2.45, 2.75) is 65.3 Å². The minimum Gasteiger partial charge on any atom is -0.334 e. The van der Waals surface area contributed by atoms with Crippen LogP contribution in [0.1, 0.15) is 59.8 Å². The van der Waals surface area contributed by atoms with Crippen molar-refractivity contribution >= 4 is 5.91 Å². The number of carbonyl (C=O) groups is 1. The average Bonchev–Trinajstić information content (AvgIpc) is 2.25. The molecule has 3 nitrogen and oxygen atoms in total. The molecule has 0 N–H and O–H groups in total. The smallest absolute Gasteiger partial charge is 0.249 e. The van der Waals surface area contributed by atoms with Crippen LogP contribution in [-0.4, -0.2) is 22.9 Å². The highest BCUT2D eigenvalue weighted by molar-refractivity contribution is 5.92. The molecular weight excluding hydrogens is 224 g/mol. The van der Waals surface area contributed by atoms with Crippen LogP contribution in [-0.2, 0) is 4.79 Å². The van der Waals surface area contributed by atoms with Crippen molar-refractivity contribution in [3.05, 3.63) is 12.2 Å². The Balaban J connectivity index is 4.17. The predicted octanol–water partition coefficient (Wildman–Crippen LogP) is 3.66. The summed E-state index contributed by atoms with van der Waals surface area (Å²) < 4.78 is 0. The van der Waals surface area contributed by atoms with Crippen LogP contribution in [0.3, 0.4) is 0 Å². The van der Waals surface area contributed by atoms with Gasteiger partial charge in [0.2, 0.25) is 5.91 Å². The van der Waals surface area contributed by atoms with E-state index >= 15 is 0 Å². The molecule has 3 heteroatoms. The van der Waals surface area contributed by atoms with Gasteiger partial charge in [-0.25, -0.2) is 0 Å². The molecule has 0 aliphatic heterocycles. The number of amides is 1. The van der Waals surface area contributed by atoms with E-state index in [1.54, 1.807) is 6.92 Å². The van der Waals surface area contributed by atoms with Crippen molar-refractivity contribution < 1.29 is 4.79 Å². The molecule has 0 aliphatic carbocycles. The zero-order valence-electron chi connectivity index (χ0n) is 12.3. The number of nitrogens with zero attached hydrogens (tertiary/aromatic N) is 2. The minimum atomic E-state index is -0.164. The van der Waals surface area contributed by atoms with E-state index in [0.717, 1.165) is 32.2 Å². The van der Waals surface area contributed by atoms with E-state index in [1.165, 1.54) is 0 Å². The van der Waals surface area contributed by atoms with Crippen molar-refractivity contribution in [1.29, 1.82) is 5.26 Å². The van der Waals surface area contributed by atoms with Crippen molar-refractivity contribution in [1.82, 2.24) is 4.90 Å². The Kier molecular flexibility index (Phi) is 7.35. The van der Waals surface area contributed by atoms with Gasteiger partial charge in [-0.15, -0.1) is 0 Å². The first-order valence-corrected chi connectivity index (χ1v) is 6.65. The third-order valence-corrected chi connectivity index (χ3v) is 2.84. The second-order valence-electron chi connectivity index (χ2n) is 5.73. The van der Waals surface area contributed by atoms with Gasteiger partial charge in [0.05, 0.1) is 6.07 Å². The summed E-state index contributed by atoms with van der Waals surface area (Å²) in [4.78, 5) is 13.9. The number of hydrogen-bond donors (Lipinski definition) is 0. The lowest BCUT2D eigenvalue weighted by Crippen LogP contribution is -2.46. The molecule has 0 aromatic heterocycles. The van der Waals surface area contributed by atoms with Gasteiger partial charge in [0.25, 0.3) is 0 Å². The van der Waals surface area contributed by atoms with Gasteiger partial charge < -0.3 is 4.90 Å². The van der Waals surface area contributed by atoms with E-state index in [4.69, 9.17) is 5.26 Å². The van der Waals surface area contributed by atoms with E-state index < -0.39 is 0 Å². The average molecular weight is 250 g/mol. The quantitative estimate of drug-likeness (QED) is 0.511. The van der Waals surface area contributed by atoms with Gasteiger partial charge in [-0.2, -0.15) is 5.26 Å². The molecule has 0 saturated heterocycles. The van der Waals surface area contributed by atoms with Crippen LogP contribution in [0.2, 0.25) is 0 Å². The van der Waals surface area contributed by atoms with Crippen molar-refractivity contribution in [3.63, 3.8) is 0 Å².